The minimum absolute atomic E-state index is 0.370. The Morgan fingerprint density at radius 2 is 2.00 bits per heavy atom. The summed E-state index contributed by atoms with van der Waals surface area (Å²) in [6.45, 7) is 1.97. The first-order valence-electron chi connectivity index (χ1n) is 5.77. The lowest BCUT2D eigenvalue weighted by atomic mass is 10.1. The molecule has 94 valence electrons. The van der Waals surface area contributed by atoms with E-state index in [1.165, 1.54) is 0 Å². The number of benzene rings is 1. The van der Waals surface area contributed by atoms with Crippen molar-refractivity contribution in [2.24, 2.45) is 0 Å². The van der Waals surface area contributed by atoms with Crippen LogP contribution in [0.1, 0.15) is 25.0 Å². The van der Waals surface area contributed by atoms with Gasteiger partial charge in [-0.25, -0.2) is 4.98 Å². The fourth-order valence-corrected chi connectivity index (χ4v) is 2.82. The minimum atomic E-state index is -0.370. The number of nitrogens with zero attached hydrogens (tertiary/aromatic N) is 1. The second-order valence-electron chi connectivity index (χ2n) is 3.89. The zero-order valence-corrected chi connectivity index (χ0v) is 12.4. The number of hydrogen-bond donors (Lipinski definition) is 1. The Balaban J connectivity index is 2.14. The molecule has 0 aliphatic heterocycles. The molecule has 4 heteroatoms. The molecule has 0 bridgehead atoms. The molecule has 0 radical (unpaired) electrons. The number of pyridine rings is 1. The average molecular weight is 324 g/mol. The van der Waals surface area contributed by atoms with Crippen LogP contribution >= 0.6 is 27.7 Å². The van der Waals surface area contributed by atoms with E-state index in [4.69, 9.17) is 0 Å². The van der Waals surface area contributed by atoms with Crippen molar-refractivity contribution in [1.29, 1.82) is 0 Å². The van der Waals surface area contributed by atoms with Crippen molar-refractivity contribution in [3.05, 3.63) is 52.6 Å². The molecule has 1 atom stereocenters. The largest absolute Gasteiger partial charge is 0.388 e. The predicted molar refractivity (Wildman–Crippen MR) is 77.8 cm³/mol. The molecule has 0 spiro atoms. The van der Waals surface area contributed by atoms with Crippen LogP contribution in [0.2, 0.25) is 0 Å². The van der Waals surface area contributed by atoms with Gasteiger partial charge in [0.05, 0.1) is 10.6 Å². The zero-order valence-electron chi connectivity index (χ0n) is 10.0. The van der Waals surface area contributed by atoms with Crippen LogP contribution in [0.15, 0.2) is 57.0 Å². The Labute approximate surface area is 120 Å². The molecule has 0 unspecified atom stereocenters. The number of halogens is 1. The van der Waals surface area contributed by atoms with Gasteiger partial charge < -0.3 is 5.11 Å². The van der Waals surface area contributed by atoms with Crippen LogP contribution in [-0.4, -0.2) is 10.1 Å². The van der Waals surface area contributed by atoms with Gasteiger partial charge >= 0.3 is 0 Å². The highest BCUT2D eigenvalue weighted by Crippen LogP contribution is 2.32. The van der Waals surface area contributed by atoms with Crippen LogP contribution in [0.5, 0.6) is 0 Å². The van der Waals surface area contributed by atoms with Gasteiger partial charge in [0.15, 0.2) is 0 Å². The van der Waals surface area contributed by atoms with Crippen LogP contribution in [0.3, 0.4) is 0 Å². The third kappa shape index (κ3) is 3.34. The Bertz CT molecular complexity index is 515. The monoisotopic (exact) mass is 323 g/mol. The molecule has 0 aliphatic carbocycles. The topological polar surface area (TPSA) is 33.1 Å². The van der Waals surface area contributed by atoms with E-state index in [1.54, 1.807) is 18.0 Å². The maximum absolute atomic E-state index is 9.73. The number of aliphatic hydroxyl groups is 1. The zero-order chi connectivity index (χ0) is 13.0. The molecular formula is C14H14BrNOS. The van der Waals surface area contributed by atoms with Crippen LogP contribution in [-0.2, 0) is 0 Å². The van der Waals surface area contributed by atoms with E-state index in [1.807, 2.05) is 43.3 Å². The van der Waals surface area contributed by atoms with Crippen LogP contribution in [0, 0.1) is 0 Å². The highest BCUT2D eigenvalue weighted by Gasteiger charge is 2.06. The first-order chi connectivity index (χ1) is 8.70. The van der Waals surface area contributed by atoms with E-state index in [0.717, 1.165) is 26.4 Å². The fourth-order valence-electron chi connectivity index (χ4n) is 1.55. The highest BCUT2D eigenvalue weighted by atomic mass is 79.9. The lowest BCUT2D eigenvalue weighted by Gasteiger charge is -2.09. The Kier molecular flexibility index (Phi) is 4.80. The van der Waals surface area contributed by atoms with Crippen LogP contribution in [0.25, 0.3) is 0 Å². The molecule has 0 aliphatic rings. The molecule has 0 amide bonds. The standard InChI is InChI=1S/C14H14BrNOS/c1-2-13(17)10-5-7-11(8-6-10)18-14-12(15)4-3-9-16-14/h3-9,13,17H,2H2,1H3/t13-/m0/s1. The van der Waals surface area contributed by atoms with E-state index in [0.29, 0.717) is 0 Å². The van der Waals surface area contributed by atoms with E-state index >= 15 is 0 Å². The van der Waals surface area contributed by atoms with Crippen molar-refractivity contribution < 1.29 is 5.11 Å². The van der Waals surface area contributed by atoms with Gasteiger partial charge in [0.1, 0.15) is 5.03 Å². The predicted octanol–water partition coefficient (Wildman–Crippen LogP) is 4.44. The second kappa shape index (κ2) is 6.36. The summed E-state index contributed by atoms with van der Waals surface area (Å²) < 4.78 is 0.993. The highest BCUT2D eigenvalue weighted by molar-refractivity contribution is 9.10. The summed E-state index contributed by atoms with van der Waals surface area (Å²) in [7, 11) is 0. The first-order valence-corrected chi connectivity index (χ1v) is 7.38. The molecule has 0 fully saturated rings. The molecule has 2 rings (SSSR count). The Morgan fingerprint density at radius 3 is 2.61 bits per heavy atom. The Morgan fingerprint density at radius 1 is 1.28 bits per heavy atom. The van der Waals surface area contributed by atoms with E-state index in [2.05, 4.69) is 20.9 Å². The van der Waals surface area contributed by atoms with Crippen molar-refractivity contribution in [2.45, 2.75) is 29.4 Å². The quantitative estimate of drug-likeness (QED) is 0.903. The number of aliphatic hydroxyl groups excluding tert-OH is 1. The van der Waals surface area contributed by atoms with Gasteiger partial charge in [-0.2, -0.15) is 0 Å². The number of hydrogen-bond acceptors (Lipinski definition) is 3. The molecule has 0 saturated heterocycles. The van der Waals surface area contributed by atoms with Gasteiger partial charge in [0.25, 0.3) is 0 Å². The molecular weight excluding hydrogens is 310 g/mol. The summed E-state index contributed by atoms with van der Waals surface area (Å²) >= 11 is 5.08. The minimum Gasteiger partial charge on any atom is -0.388 e. The SMILES string of the molecule is CC[C@H](O)c1ccc(Sc2ncccc2Br)cc1. The van der Waals surface area contributed by atoms with Gasteiger partial charge in [0, 0.05) is 11.1 Å². The van der Waals surface area contributed by atoms with Crippen molar-refractivity contribution >= 4 is 27.7 Å². The molecule has 2 aromatic rings. The van der Waals surface area contributed by atoms with Crippen molar-refractivity contribution in [3.8, 4) is 0 Å². The summed E-state index contributed by atoms with van der Waals surface area (Å²) in [5.41, 5.74) is 0.960. The smallest absolute Gasteiger partial charge is 0.115 e. The summed E-state index contributed by atoms with van der Waals surface area (Å²) in [5.74, 6) is 0. The average Bonchev–Trinajstić information content (AvgIpc) is 2.41. The maximum Gasteiger partial charge on any atom is 0.115 e. The van der Waals surface area contributed by atoms with Crippen molar-refractivity contribution in [3.63, 3.8) is 0 Å². The number of rotatable bonds is 4. The molecule has 1 aromatic heterocycles. The number of aromatic nitrogens is 1. The normalized spacial score (nSPS) is 12.4. The Hall–Kier alpha value is -0.840. The third-order valence-corrected chi connectivity index (χ3v) is 4.52. The third-order valence-electron chi connectivity index (χ3n) is 2.59. The second-order valence-corrected chi connectivity index (χ2v) is 5.80. The maximum atomic E-state index is 9.73. The molecule has 1 N–H and O–H groups in total. The first kappa shape index (κ1) is 13.6. The molecule has 1 heterocycles. The van der Waals surface area contributed by atoms with E-state index in [-0.39, 0.29) is 6.10 Å². The van der Waals surface area contributed by atoms with Gasteiger partial charge in [-0.15, -0.1) is 0 Å². The van der Waals surface area contributed by atoms with E-state index in [9.17, 15) is 5.11 Å². The van der Waals surface area contributed by atoms with Crippen molar-refractivity contribution in [1.82, 2.24) is 4.98 Å². The summed E-state index contributed by atoms with van der Waals surface area (Å²) in [5, 5.41) is 10.7. The van der Waals surface area contributed by atoms with E-state index < -0.39 is 0 Å². The fraction of sp³-hybridized carbons (Fsp3) is 0.214. The van der Waals surface area contributed by atoms with Gasteiger partial charge in [-0.1, -0.05) is 30.8 Å². The molecule has 0 saturated carbocycles. The summed E-state index contributed by atoms with van der Waals surface area (Å²) in [6, 6.07) is 11.8. The lowest BCUT2D eigenvalue weighted by Crippen LogP contribution is -1.94. The molecule has 1 aromatic carbocycles. The summed E-state index contributed by atoms with van der Waals surface area (Å²) in [4.78, 5) is 5.43. The molecule has 2 nitrogen and oxygen atoms in total. The van der Waals surface area contributed by atoms with Crippen molar-refractivity contribution in [2.75, 3.05) is 0 Å². The summed E-state index contributed by atoms with van der Waals surface area (Å²) in [6.07, 6.45) is 2.14. The van der Waals surface area contributed by atoms with Gasteiger partial charge in [-0.05, 0) is 52.2 Å². The lowest BCUT2D eigenvalue weighted by molar-refractivity contribution is 0.173. The van der Waals surface area contributed by atoms with Gasteiger partial charge in [0.2, 0.25) is 0 Å². The van der Waals surface area contributed by atoms with Gasteiger partial charge in [-0.3, -0.25) is 0 Å². The molecule has 18 heavy (non-hydrogen) atoms. The van der Waals surface area contributed by atoms with Crippen LogP contribution in [0.4, 0.5) is 0 Å². The van der Waals surface area contributed by atoms with Crippen LogP contribution < -0.4 is 0 Å².